The highest BCUT2D eigenvalue weighted by Crippen LogP contribution is 2.29. The predicted molar refractivity (Wildman–Crippen MR) is 92.4 cm³/mol. The van der Waals surface area contributed by atoms with Gasteiger partial charge in [-0.15, -0.1) is 0 Å². The number of ether oxygens (including phenoxy) is 2. The van der Waals surface area contributed by atoms with Gasteiger partial charge in [-0.05, 0) is 52.9 Å². The van der Waals surface area contributed by atoms with Crippen molar-refractivity contribution in [3.8, 4) is 5.75 Å². The summed E-state index contributed by atoms with van der Waals surface area (Å²) in [5.74, 6) is 0.604. The summed E-state index contributed by atoms with van der Waals surface area (Å²) >= 11 is 0. The molecule has 0 radical (unpaired) electrons. The lowest BCUT2D eigenvalue weighted by Gasteiger charge is -2.21. The summed E-state index contributed by atoms with van der Waals surface area (Å²) in [6.45, 7) is 7.62. The summed E-state index contributed by atoms with van der Waals surface area (Å²) in [6, 6.07) is 6.09. The monoisotopic (exact) mass is 321 g/mol. The van der Waals surface area contributed by atoms with Crippen LogP contribution in [0.2, 0.25) is 0 Å². The van der Waals surface area contributed by atoms with E-state index in [4.69, 9.17) is 9.47 Å². The summed E-state index contributed by atoms with van der Waals surface area (Å²) in [4.78, 5) is 14.2. The molecule has 23 heavy (non-hydrogen) atoms. The number of carbonyl (C=O) groups is 1. The van der Waals surface area contributed by atoms with Crippen LogP contribution in [-0.2, 0) is 4.74 Å². The summed E-state index contributed by atoms with van der Waals surface area (Å²) in [5.41, 5.74) is 1.04. The van der Waals surface area contributed by atoms with Crippen LogP contribution >= 0.6 is 0 Å². The number of hydrogen-bond donors (Lipinski definition) is 2. The van der Waals surface area contributed by atoms with E-state index in [2.05, 4.69) is 22.6 Å². The molecule has 6 nitrogen and oxygen atoms in total. The number of likely N-dealkylation sites (N-methyl/N-ethyl adjacent to an activating group) is 1. The van der Waals surface area contributed by atoms with E-state index < -0.39 is 11.7 Å². The Kier molecular flexibility index (Phi) is 5.36. The lowest BCUT2D eigenvalue weighted by atomic mass is 10.2. The van der Waals surface area contributed by atoms with Crippen LogP contribution in [0, 0.1) is 0 Å². The summed E-state index contributed by atoms with van der Waals surface area (Å²) < 4.78 is 10.6. The number of rotatable bonds is 4. The first-order valence-corrected chi connectivity index (χ1v) is 7.90. The molecule has 0 aliphatic carbocycles. The molecule has 6 heteroatoms. The quantitative estimate of drug-likeness (QED) is 0.892. The van der Waals surface area contributed by atoms with E-state index in [1.165, 1.54) is 0 Å². The predicted octanol–water partition coefficient (Wildman–Crippen LogP) is 3.16. The number of hydrogen-bond acceptors (Lipinski definition) is 5. The average molecular weight is 321 g/mol. The Balaban J connectivity index is 2.03. The minimum Gasteiger partial charge on any atom is -0.494 e. The third kappa shape index (κ3) is 5.32. The summed E-state index contributed by atoms with van der Waals surface area (Å²) in [5, 5.41) is 6.22. The van der Waals surface area contributed by atoms with Gasteiger partial charge in [-0.2, -0.15) is 0 Å². The molecule has 0 saturated carbocycles. The van der Waals surface area contributed by atoms with Crippen LogP contribution in [0.3, 0.4) is 0 Å². The SMILES string of the molecule is COc1cc(NC2CCN(C)C2)ccc1NC(=O)OC(C)(C)C. The van der Waals surface area contributed by atoms with Crippen molar-refractivity contribution in [1.82, 2.24) is 4.90 Å². The minimum atomic E-state index is -0.534. The average Bonchev–Trinajstić information content (AvgIpc) is 2.83. The van der Waals surface area contributed by atoms with Gasteiger partial charge in [-0.3, -0.25) is 5.32 Å². The van der Waals surface area contributed by atoms with Crippen molar-refractivity contribution in [2.45, 2.75) is 38.8 Å². The number of benzene rings is 1. The number of likely N-dealkylation sites (tertiary alicyclic amines) is 1. The number of amides is 1. The molecule has 0 spiro atoms. The standard InChI is InChI=1S/C17H27N3O3/c1-17(2,3)23-16(21)19-14-7-6-12(10-15(14)22-5)18-13-8-9-20(4)11-13/h6-7,10,13,18H,8-9,11H2,1-5H3,(H,19,21). The maximum absolute atomic E-state index is 11.9. The second-order valence-corrected chi connectivity index (χ2v) is 6.93. The fourth-order valence-corrected chi connectivity index (χ4v) is 2.59. The molecule has 0 bridgehead atoms. The van der Waals surface area contributed by atoms with Crippen LogP contribution in [0.15, 0.2) is 18.2 Å². The van der Waals surface area contributed by atoms with Crippen LogP contribution in [0.5, 0.6) is 5.75 Å². The van der Waals surface area contributed by atoms with E-state index in [0.717, 1.165) is 25.2 Å². The number of methoxy groups -OCH3 is 1. The first-order valence-electron chi connectivity index (χ1n) is 7.90. The van der Waals surface area contributed by atoms with Crippen molar-refractivity contribution in [3.63, 3.8) is 0 Å². The Morgan fingerprint density at radius 3 is 2.65 bits per heavy atom. The van der Waals surface area contributed by atoms with Crippen LogP contribution in [0.25, 0.3) is 0 Å². The van der Waals surface area contributed by atoms with Gasteiger partial charge in [0, 0.05) is 24.3 Å². The van der Waals surface area contributed by atoms with Crippen molar-refractivity contribution in [3.05, 3.63) is 18.2 Å². The summed E-state index contributed by atoms with van der Waals surface area (Å²) in [6.07, 6.45) is 0.630. The van der Waals surface area contributed by atoms with E-state index in [1.54, 1.807) is 7.11 Å². The maximum Gasteiger partial charge on any atom is 0.412 e. The molecule has 2 rings (SSSR count). The molecule has 1 fully saturated rings. The lowest BCUT2D eigenvalue weighted by molar-refractivity contribution is 0.0635. The van der Waals surface area contributed by atoms with Crippen molar-refractivity contribution in [2.24, 2.45) is 0 Å². The second-order valence-electron chi connectivity index (χ2n) is 6.93. The lowest BCUT2D eigenvalue weighted by Crippen LogP contribution is -2.27. The molecule has 1 amide bonds. The minimum absolute atomic E-state index is 0.439. The Hall–Kier alpha value is -1.95. The van der Waals surface area contributed by atoms with Gasteiger partial charge < -0.3 is 19.7 Å². The van der Waals surface area contributed by atoms with Gasteiger partial charge in [-0.25, -0.2) is 4.79 Å². The maximum atomic E-state index is 11.9. The van der Waals surface area contributed by atoms with E-state index in [-0.39, 0.29) is 0 Å². The molecule has 1 atom stereocenters. The molecular formula is C17H27N3O3. The zero-order valence-corrected chi connectivity index (χ0v) is 14.6. The van der Waals surface area contributed by atoms with Gasteiger partial charge in [0.1, 0.15) is 11.4 Å². The van der Waals surface area contributed by atoms with Crippen LogP contribution in [0.4, 0.5) is 16.2 Å². The molecule has 1 saturated heterocycles. The van der Waals surface area contributed by atoms with Gasteiger partial charge in [0.05, 0.1) is 12.8 Å². The van der Waals surface area contributed by atoms with Gasteiger partial charge in [0.25, 0.3) is 0 Å². The number of nitrogens with zero attached hydrogens (tertiary/aromatic N) is 1. The van der Waals surface area contributed by atoms with Crippen molar-refractivity contribution >= 4 is 17.5 Å². The fourth-order valence-electron chi connectivity index (χ4n) is 2.59. The normalized spacial score (nSPS) is 18.6. The summed E-state index contributed by atoms with van der Waals surface area (Å²) in [7, 11) is 3.71. The Bertz CT molecular complexity index is 555. The van der Waals surface area contributed by atoms with E-state index in [9.17, 15) is 4.79 Å². The number of carbonyl (C=O) groups excluding carboxylic acids is 1. The largest absolute Gasteiger partial charge is 0.494 e. The Morgan fingerprint density at radius 2 is 2.09 bits per heavy atom. The highest BCUT2D eigenvalue weighted by atomic mass is 16.6. The second kappa shape index (κ2) is 7.08. The third-order valence-corrected chi connectivity index (χ3v) is 3.60. The molecule has 0 aromatic heterocycles. The van der Waals surface area contributed by atoms with Gasteiger partial charge in [0.2, 0.25) is 0 Å². The molecule has 1 aromatic rings. The molecule has 1 aromatic carbocycles. The third-order valence-electron chi connectivity index (χ3n) is 3.60. The molecule has 128 valence electrons. The number of nitrogens with one attached hydrogen (secondary N) is 2. The van der Waals surface area contributed by atoms with E-state index >= 15 is 0 Å². The molecule has 1 heterocycles. The van der Waals surface area contributed by atoms with Gasteiger partial charge >= 0.3 is 6.09 Å². The zero-order chi connectivity index (χ0) is 17.0. The molecule has 1 aliphatic rings. The molecular weight excluding hydrogens is 294 g/mol. The van der Waals surface area contributed by atoms with Gasteiger partial charge in [-0.1, -0.05) is 0 Å². The van der Waals surface area contributed by atoms with Crippen molar-refractivity contribution < 1.29 is 14.3 Å². The smallest absolute Gasteiger partial charge is 0.412 e. The van der Waals surface area contributed by atoms with Crippen LogP contribution < -0.4 is 15.4 Å². The highest BCUT2D eigenvalue weighted by molar-refractivity contribution is 5.87. The molecule has 1 aliphatic heterocycles. The topological polar surface area (TPSA) is 62.8 Å². The Morgan fingerprint density at radius 1 is 1.35 bits per heavy atom. The highest BCUT2D eigenvalue weighted by Gasteiger charge is 2.20. The van der Waals surface area contributed by atoms with Crippen molar-refractivity contribution in [1.29, 1.82) is 0 Å². The van der Waals surface area contributed by atoms with E-state index in [0.29, 0.717) is 17.5 Å². The van der Waals surface area contributed by atoms with Crippen LogP contribution in [0.1, 0.15) is 27.2 Å². The van der Waals surface area contributed by atoms with Crippen molar-refractivity contribution in [2.75, 3.05) is 37.9 Å². The first-order chi connectivity index (χ1) is 10.8. The number of anilines is 2. The van der Waals surface area contributed by atoms with Crippen LogP contribution in [-0.4, -0.2) is 49.9 Å². The molecule has 2 N–H and O–H groups in total. The molecule has 1 unspecified atom stereocenters. The Labute approximate surface area is 138 Å². The first kappa shape index (κ1) is 17.4. The van der Waals surface area contributed by atoms with Gasteiger partial charge in [0.15, 0.2) is 0 Å². The zero-order valence-electron chi connectivity index (χ0n) is 14.6. The van der Waals surface area contributed by atoms with E-state index in [1.807, 2.05) is 39.0 Å². The fraction of sp³-hybridized carbons (Fsp3) is 0.588.